The first-order chi connectivity index (χ1) is 8.11. The molecule has 1 atom stereocenters. The zero-order valence-electron chi connectivity index (χ0n) is 12.5. The van der Waals surface area contributed by atoms with Crippen molar-refractivity contribution in [2.45, 2.75) is 54.0 Å². The van der Waals surface area contributed by atoms with Crippen molar-refractivity contribution >= 4 is 0 Å². The molecule has 1 aromatic heterocycles. The van der Waals surface area contributed by atoms with Gasteiger partial charge in [0.1, 0.15) is 0 Å². The lowest BCUT2D eigenvalue weighted by Crippen LogP contribution is -2.51. The van der Waals surface area contributed by atoms with Gasteiger partial charge in [0.2, 0.25) is 0 Å². The molecule has 1 aliphatic rings. The minimum Gasteiger partial charge on any atom is -0.323 e. The Morgan fingerprint density at radius 2 is 1.72 bits per heavy atom. The maximum atomic E-state index is 6.66. The smallest absolute Gasteiger partial charge is 0.0458 e. The van der Waals surface area contributed by atoms with Gasteiger partial charge in [-0.3, -0.25) is 4.98 Å². The normalized spacial score (nSPS) is 22.9. The van der Waals surface area contributed by atoms with Crippen LogP contribution in [0.4, 0.5) is 0 Å². The Balaban J connectivity index is 2.62. The van der Waals surface area contributed by atoms with Crippen LogP contribution in [0.1, 0.15) is 58.8 Å². The fourth-order valence-electron chi connectivity index (χ4n) is 4.11. The molecule has 2 N–H and O–H groups in total. The van der Waals surface area contributed by atoms with Crippen molar-refractivity contribution in [2.24, 2.45) is 22.0 Å². The third kappa shape index (κ3) is 1.62. The van der Waals surface area contributed by atoms with Crippen molar-refractivity contribution in [1.29, 1.82) is 0 Å². The summed E-state index contributed by atoms with van der Waals surface area (Å²) in [5.41, 5.74) is 9.43. The average molecular weight is 246 g/mol. The van der Waals surface area contributed by atoms with E-state index in [4.69, 9.17) is 5.73 Å². The molecule has 100 valence electrons. The summed E-state index contributed by atoms with van der Waals surface area (Å²) >= 11 is 0. The summed E-state index contributed by atoms with van der Waals surface area (Å²) in [6, 6.07) is 4.22. The summed E-state index contributed by atoms with van der Waals surface area (Å²) in [6.07, 6.45) is 2.87. The molecular formula is C16H26N2. The van der Waals surface area contributed by atoms with Crippen molar-refractivity contribution in [1.82, 2.24) is 4.98 Å². The summed E-state index contributed by atoms with van der Waals surface area (Å²) in [5, 5.41) is 0. The van der Waals surface area contributed by atoms with E-state index in [0.29, 0.717) is 0 Å². The van der Waals surface area contributed by atoms with E-state index in [1.165, 1.54) is 11.3 Å². The van der Waals surface area contributed by atoms with Crippen LogP contribution in [0.5, 0.6) is 0 Å². The molecule has 0 saturated heterocycles. The molecule has 2 heteroatoms. The molecule has 0 radical (unpaired) electrons. The first-order valence-electron chi connectivity index (χ1n) is 6.80. The van der Waals surface area contributed by atoms with Gasteiger partial charge >= 0.3 is 0 Å². The fraction of sp³-hybridized carbons (Fsp3) is 0.688. The fourth-order valence-corrected chi connectivity index (χ4v) is 4.11. The highest BCUT2D eigenvalue weighted by atomic mass is 14.8. The van der Waals surface area contributed by atoms with Crippen LogP contribution in [0.2, 0.25) is 0 Å². The van der Waals surface area contributed by atoms with Gasteiger partial charge in [-0.1, -0.05) is 47.6 Å². The van der Waals surface area contributed by atoms with Crippen LogP contribution in [0, 0.1) is 16.2 Å². The number of aromatic nitrogens is 1. The summed E-state index contributed by atoms with van der Waals surface area (Å²) in [4.78, 5) is 4.55. The van der Waals surface area contributed by atoms with Crippen LogP contribution >= 0.6 is 0 Å². The Bertz CT molecular complexity index is 435. The highest BCUT2D eigenvalue weighted by Crippen LogP contribution is 2.62. The van der Waals surface area contributed by atoms with E-state index in [1.807, 2.05) is 12.3 Å². The number of pyridine rings is 1. The van der Waals surface area contributed by atoms with E-state index in [0.717, 1.165) is 6.42 Å². The molecule has 0 amide bonds. The predicted octanol–water partition coefficient (Wildman–Crippen LogP) is 3.72. The van der Waals surface area contributed by atoms with Gasteiger partial charge in [0, 0.05) is 23.3 Å². The van der Waals surface area contributed by atoms with Gasteiger partial charge in [-0.2, -0.15) is 0 Å². The zero-order chi connectivity index (χ0) is 13.8. The molecule has 1 aromatic rings. The Labute approximate surface area is 111 Å². The molecule has 0 spiro atoms. The van der Waals surface area contributed by atoms with Crippen LogP contribution in [0.25, 0.3) is 0 Å². The molecular weight excluding hydrogens is 220 g/mol. The van der Waals surface area contributed by atoms with E-state index in [1.54, 1.807) is 0 Å². The number of nitrogens with two attached hydrogens (primary N) is 1. The Kier molecular flexibility index (Phi) is 2.86. The van der Waals surface area contributed by atoms with Crippen LogP contribution in [-0.2, 0) is 6.42 Å². The Morgan fingerprint density at radius 1 is 1.17 bits per heavy atom. The summed E-state index contributed by atoms with van der Waals surface area (Å²) < 4.78 is 0. The SMILES string of the molecule is CC(C)(C)C1(C(C)(C)C)Cc2ncccc2[C@H]1N. The van der Waals surface area contributed by atoms with E-state index < -0.39 is 0 Å². The van der Waals surface area contributed by atoms with E-state index in [9.17, 15) is 0 Å². The summed E-state index contributed by atoms with van der Waals surface area (Å²) in [7, 11) is 0. The second-order valence-electron chi connectivity index (χ2n) is 7.67. The monoisotopic (exact) mass is 246 g/mol. The quantitative estimate of drug-likeness (QED) is 0.758. The molecule has 2 nitrogen and oxygen atoms in total. The van der Waals surface area contributed by atoms with Crippen molar-refractivity contribution < 1.29 is 0 Å². The molecule has 0 aliphatic heterocycles. The molecule has 1 aliphatic carbocycles. The lowest BCUT2D eigenvalue weighted by atomic mass is 9.51. The number of hydrogen-bond acceptors (Lipinski definition) is 2. The van der Waals surface area contributed by atoms with Crippen LogP contribution < -0.4 is 5.73 Å². The summed E-state index contributed by atoms with van der Waals surface area (Å²) in [6.45, 7) is 13.9. The second kappa shape index (κ2) is 3.80. The molecule has 18 heavy (non-hydrogen) atoms. The van der Waals surface area contributed by atoms with Gasteiger partial charge < -0.3 is 5.73 Å². The van der Waals surface area contributed by atoms with Gasteiger partial charge in [-0.25, -0.2) is 0 Å². The number of hydrogen-bond donors (Lipinski definition) is 1. The highest BCUT2D eigenvalue weighted by Gasteiger charge is 2.58. The van der Waals surface area contributed by atoms with Crippen molar-refractivity contribution in [3.05, 3.63) is 29.6 Å². The van der Waals surface area contributed by atoms with E-state index >= 15 is 0 Å². The highest BCUT2D eigenvalue weighted by molar-refractivity contribution is 5.35. The minimum atomic E-state index is 0.0523. The largest absolute Gasteiger partial charge is 0.323 e. The third-order valence-electron chi connectivity index (χ3n) is 4.91. The van der Waals surface area contributed by atoms with Gasteiger partial charge in [-0.05, 0) is 28.9 Å². The van der Waals surface area contributed by atoms with E-state index in [-0.39, 0.29) is 22.3 Å². The van der Waals surface area contributed by atoms with Gasteiger partial charge in [0.05, 0.1) is 0 Å². The Morgan fingerprint density at radius 3 is 2.17 bits per heavy atom. The van der Waals surface area contributed by atoms with E-state index in [2.05, 4.69) is 52.6 Å². The third-order valence-corrected chi connectivity index (χ3v) is 4.91. The summed E-state index contributed by atoms with van der Waals surface area (Å²) in [5.74, 6) is 0. The minimum absolute atomic E-state index is 0.0523. The maximum Gasteiger partial charge on any atom is 0.0458 e. The average Bonchev–Trinajstić information content (AvgIpc) is 2.52. The molecule has 0 fully saturated rings. The lowest BCUT2D eigenvalue weighted by molar-refractivity contribution is -0.0462. The predicted molar refractivity (Wildman–Crippen MR) is 76.2 cm³/mol. The first kappa shape index (κ1) is 13.5. The molecule has 0 bridgehead atoms. The van der Waals surface area contributed by atoms with Crippen LogP contribution in [0.3, 0.4) is 0 Å². The standard InChI is InChI=1S/C16H26N2/c1-14(2,3)16(15(4,5)6)10-12-11(13(16)17)8-7-9-18-12/h7-9,13H,10,17H2,1-6H3/t13-/m1/s1. The number of rotatable bonds is 0. The van der Waals surface area contributed by atoms with Crippen LogP contribution in [-0.4, -0.2) is 4.98 Å². The lowest BCUT2D eigenvalue weighted by Gasteiger charge is -2.54. The molecule has 0 aromatic carbocycles. The topological polar surface area (TPSA) is 38.9 Å². The number of nitrogens with zero attached hydrogens (tertiary/aromatic N) is 1. The Hall–Kier alpha value is -0.890. The van der Waals surface area contributed by atoms with Gasteiger partial charge in [-0.15, -0.1) is 0 Å². The van der Waals surface area contributed by atoms with Gasteiger partial charge in [0.25, 0.3) is 0 Å². The first-order valence-corrected chi connectivity index (χ1v) is 6.80. The van der Waals surface area contributed by atoms with Crippen molar-refractivity contribution in [2.75, 3.05) is 0 Å². The van der Waals surface area contributed by atoms with Crippen LogP contribution in [0.15, 0.2) is 18.3 Å². The van der Waals surface area contributed by atoms with Crippen molar-refractivity contribution in [3.8, 4) is 0 Å². The van der Waals surface area contributed by atoms with Gasteiger partial charge in [0.15, 0.2) is 0 Å². The van der Waals surface area contributed by atoms with Crippen molar-refractivity contribution in [3.63, 3.8) is 0 Å². The molecule has 1 heterocycles. The zero-order valence-corrected chi connectivity index (χ0v) is 12.5. The molecule has 2 rings (SSSR count). The second-order valence-corrected chi connectivity index (χ2v) is 7.67. The molecule has 0 saturated carbocycles. The maximum absolute atomic E-state index is 6.66. The molecule has 0 unspecified atom stereocenters. The number of fused-ring (bicyclic) bond motifs is 1.